The number of rotatable bonds is 4. The first kappa shape index (κ1) is 12.4. The van der Waals surface area contributed by atoms with Gasteiger partial charge < -0.3 is 0 Å². The van der Waals surface area contributed by atoms with Crippen LogP contribution in [0.1, 0.15) is 34.1 Å². The van der Waals surface area contributed by atoms with Crippen LogP contribution < -0.4 is 0 Å². The molecule has 0 nitrogen and oxygen atoms in total. The predicted molar refractivity (Wildman–Crippen MR) is 57.5 cm³/mol. The highest BCUT2D eigenvalue weighted by Gasteiger charge is 2.10. The summed E-state index contributed by atoms with van der Waals surface area (Å²) >= 11 is 0. The molecule has 0 aromatic carbocycles. The highest BCUT2D eigenvalue weighted by Crippen LogP contribution is 2.19. The van der Waals surface area contributed by atoms with E-state index in [0.717, 1.165) is 6.42 Å². The molecule has 1 heteroatoms. The highest BCUT2D eigenvalue weighted by atomic mass is 19.1. The fourth-order valence-electron chi connectivity index (χ4n) is 0.857. The van der Waals surface area contributed by atoms with Crippen LogP contribution in [-0.2, 0) is 0 Å². The second-order valence-corrected chi connectivity index (χ2v) is 4.73. The molecule has 0 N–H and O–H groups in total. The van der Waals surface area contributed by atoms with Crippen molar-refractivity contribution in [3.05, 3.63) is 24.8 Å². The summed E-state index contributed by atoms with van der Waals surface area (Å²) in [7, 11) is 0. The van der Waals surface area contributed by atoms with Crippen LogP contribution in [-0.4, -0.2) is 6.17 Å². The Morgan fingerprint density at radius 3 is 2.31 bits per heavy atom. The Morgan fingerprint density at radius 1 is 1.38 bits per heavy atom. The average molecular weight is 184 g/mol. The molecular formula is C12H21F. The number of hydrogen-bond acceptors (Lipinski definition) is 0. The molecule has 0 aromatic heterocycles. The molecular weight excluding hydrogens is 163 g/mol. The summed E-state index contributed by atoms with van der Waals surface area (Å²) in [5, 5.41) is 0. The first-order valence-corrected chi connectivity index (χ1v) is 4.80. The van der Waals surface area contributed by atoms with Gasteiger partial charge in [0.05, 0.1) is 0 Å². The third-order valence-corrected chi connectivity index (χ3v) is 1.92. The van der Waals surface area contributed by atoms with Crippen molar-refractivity contribution in [2.75, 3.05) is 0 Å². The van der Waals surface area contributed by atoms with Gasteiger partial charge in [0.15, 0.2) is 0 Å². The minimum atomic E-state index is -0.889. The van der Waals surface area contributed by atoms with Crippen LogP contribution in [0, 0.1) is 11.3 Å². The first-order chi connectivity index (χ1) is 5.87. The molecule has 2 unspecified atom stereocenters. The van der Waals surface area contributed by atoms with E-state index in [1.807, 2.05) is 13.0 Å². The fourth-order valence-corrected chi connectivity index (χ4v) is 0.857. The summed E-state index contributed by atoms with van der Waals surface area (Å²) in [6.07, 6.45) is 5.23. The molecule has 0 rings (SSSR count). The summed E-state index contributed by atoms with van der Waals surface area (Å²) in [5.74, 6) is -0.0868. The molecule has 0 amide bonds. The maximum Gasteiger partial charge on any atom is 0.124 e. The topological polar surface area (TPSA) is 0 Å². The molecule has 0 aliphatic rings. The Morgan fingerprint density at radius 2 is 1.92 bits per heavy atom. The lowest BCUT2D eigenvalue weighted by molar-refractivity contribution is 0.334. The van der Waals surface area contributed by atoms with E-state index >= 15 is 0 Å². The van der Waals surface area contributed by atoms with Gasteiger partial charge in [-0.1, -0.05) is 45.9 Å². The second kappa shape index (κ2) is 5.21. The van der Waals surface area contributed by atoms with Gasteiger partial charge >= 0.3 is 0 Å². The summed E-state index contributed by atoms with van der Waals surface area (Å²) in [5.41, 5.74) is 0.244. The minimum Gasteiger partial charge on any atom is -0.242 e. The van der Waals surface area contributed by atoms with Crippen LogP contribution in [0.15, 0.2) is 24.8 Å². The molecule has 13 heavy (non-hydrogen) atoms. The molecule has 0 aliphatic heterocycles. The molecule has 0 radical (unpaired) electrons. The molecule has 0 saturated heterocycles. The average Bonchev–Trinajstić information content (AvgIpc) is 2.00. The Hall–Kier alpha value is -0.590. The normalized spacial score (nSPS) is 17.3. The lowest BCUT2D eigenvalue weighted by Crippen LogP contribution is -2.07. The Labute approximate surface area is 81.5 Å². The van der Waals surface area contributed by atoms with Gasteiger partial charge in [-0.3, -0.25) is 0 Å². The standard InChI is InChI=1S/C12H21F/c1-6-10(2)11(13)8-7-9-12(3,4)5/h6-8,10-11H,1,9H2,2-5H3/b8-7-. The molecule has 0 spiro atoms. The molecule has 2 atom stereocenters. The van der Waals surface area contributed by atoms with Crippen molar-refractivity contribution >= 4 is 0 Å². The number of halogens is 1. The predicted octanol–water partition coefficient (Wildman–Crippen LogP) is 4.14. The molecule has 0 heterocycles. The third-order valence-electron chi connectivity index (χ3n) is 1.92. The third kappa shape index (κ3) is 6.56. The minimum absolute atomic E-state index is 0.0868. The summed E-state index contributed by atoms with van der Waals surface area (Å²) < 4.78 is 13.2. The quantitative estimate of drug-likeness (QED) is 0.576. The van der Waals surface area contributed by atoms with Crippen LogP contribution in [0.5, 0.6) is 0 Å². The van der Waals surface area contributed by atoms with Gasteiger partial charge in [0, 0.05) is 5.92 Å². The van der Waals surface area contributed by atoms with Gasteiger partial charge in [-0.15, -0.1) is 6.58 Å². The van der Waals surface area contributed by atoms with Gasteiger partial charge in [0.2, 0.25) is 0 Å². The maximum atomic E-state index is 13.2. The van der Waals surface area contributed by atoms with Crippen LogP contribution in [0.2, 0.25) is 0 Å². The smallest absolute Gasteiger partial charge is 0.124 e. The maximum absolute atomic E-state index is 13.2. The van der Waals surface area contributed by atoms with Gasteiger partial charge in [0.25, 0.3) is 0 Å². The molecule has 0 fully saturated rings. The van der Waals surface area contributed by atoms with E-state index in [9.17, 15) is 4.39 Å². The SMILES string of the molecule is C=CC(C)C(F)/C=C\CC(C)(C)C. The monoisotopic (exact) mass is 184 g/mol. The largest absolute Gasteiger partial charge is 0.242 e. The Balaban J connectivity index is 3.91. The van der Waals surface area contributed by atoms with Crippen molar-refractivity contribution in [2.24, 2.45) is 11.3 Å². The van der Waals surface area contributed by atoms with Crippen LogP contribution in [0.4, 0.5) is 4.39 Å². The van der Waals surface area contributed by atoms with E-state index in [2.05, 4.69) is 27.4 Å². The molecule has 0 aromatic rings. The summed E-state index contributed by atoms with van der Waals surface area (Å²) in [4.78, 5) is 0. The Bertz CT molecular complexity index is 174. The molecule has 0 saturated carbocycles. The van der Waals surface area contributed by atoms with E-state index in [0.29, 0.717) is 0 Å². The molecule has 0 bridgehead atoms. The van der Waals surface area contributed by atoms with Crippen molar-refractivity contribution < 1.29 is 4.39 Å². The van der Waals surface area contributed by atoms with Crippen LogP contribution >= 0.6 is 0 Å². The second-order valence-electron chi connectivity index (χ2n) is 4.73. The number of hydrogen-bond donors (Lipinski definition) is 0. The first-order valence-electron chi connectivity index (χ1n) is 4.80. The number of allylic oxidation sites excluding steroid dienone is 3. The van der Waals surface area contributed by atoms with Gasteiger partial charge in [-0.2, -0.15) is 0 Å². The van der Waals surface area contributed by atoms with E-state index in [4.69, 9.17) is 0 Å². The van der Waals surface area contributed by atoms with Crippen molar-refractivity contribution in [1.82, 2.24) is 0 Å². The van der Waals surface area contributed by atoms with E-state index in [1.54, 1.807) is 12.2 Å². The van der Waals surface area contributed by atoms with E-state index < -0.39 is 6.17 Å². The van der Waals surface area contributed by atoms with Crippen molar-refractivity contribution in [2.45, 2.75) is 40.3 Å². The van der Waals surface area contributed by atoms with E-state index in [-0.39, 0.29) is 11.3 Å². The van der Waals surface area contributed by atoms with Gasteiger partial charge in [-0.05, 0) is 11.8 Å². The lowest BCUT2D eigenvalue weighted by Gasteiger charge is -2.15. The summed E-state index contributed by atoms with van der Waals surface area (Å²) in [6.45, 7) is 11.8. The van der Waals surface area contributed by atoms with Crippen molar-refractivity contribution in [1.29, 1.82) is 0 Å². The van der Waals surface area contributed by atoms with Crippen LogP contribution in [0.25, 0.3) is 0 Å². The number of alkyl halides is 1. The van der Waals surface area contributed by atoms with Crippen LogP contribution in [0.3, 0.4) is 0 Å². The summed E-state index contributed by atoms with van der Waals surface area (Å²) in [6, 6.07) is 0. The van der Waals surface area contributed by atoms with Crippen molar-refractivity contribution in [3.8, 4) is 0 Å². The van der Waals surface area contributed by atoms with Gasteiger partial charge in [0.1, 0.15) is 6.17 Å². The fraction of sp³-hybridized carbons (Fsp3) is 0.667. The molecule has 0 aliphatic carbocycles. The molecule has 76 valence electrons. The zero-order valence-electron chi connectivity index (χ0n) is 9.18. The van der Waals surface area contributed by atoms with Gasteiger partial charge in [-0.25, -0.2) is 4.39 Å². The zero-order valence-corrected chi connectivity index (χ0v) is 9.18. The Kier molecular flexibility index (Phi) is 4.97. The highest BCUT2D eigenvalue weighted by molar-refractivity contribution is 4.97. The van der Waals surface area contributed by atoms with Crippen molar-refractivity contribution in [3.63, 3.8) is 0 Å². The van der Waals surface area contributed by atoms with E-state index in [1.165, 1.54) is 0 Å². The zero-order chi connectivity index (χ0) is 10.5. The lowest BCUT2D eigenvalue weighted by atomic mass is 9.91.